The number of hydrogen-bond donors (Lipinski definition) is 0. The van der Waals surface area contributed by atoms with Gasteiger partial charge in [-0.3, -0.25) is 14.3 Å². The van der Waals surface area contributed by atoms with Crippen molar-refractivity contribution < 1.29 is 4.74 Å². The highest BCUT2D eigenvalue weighted by molar-refractivity contribution is 5.80. The predicted molar refractivity (Wildman–Crippen MR) is 109 cm³/mol. The molecule has 142 valence electrons. The van der Waals surface area contributed by atoms with Gasteiger partial charge in [0.05, 0.1) is 19.9 Å². The van der Waals surface area contributed by atoms with Gasteiger partial charge in [-0.15, -0.1) is 0 Å². The number of aromatic nitrogens is 5. The second-order valence-electron chi connectivity index (χ2n) is 6.98. The molecule has 0 fully saturated rings. The lowest BCUT2D eigenvalue weighted by atomic mass is 10.0. The zero-order valence-electron chi connectivity index (χ0n) is 16.5. The average molecular weight is 373 g/mol. The lowest BCUT2D eigenvalue weighted by molar-refractivity contribution is 0.414. The lowest BCUT2D eigenvalue weighted by Crippen LogP contribution is -1.99. The van der Waals surface area contributed by atoms with Crippen molar-refractivity contribution in [2.24, 2.45) is 7.05 Å². The first kappa shape index (κ1) is 18.0. The molecule has 0 amide bonds. The Labute approximate surface area is 164 Å². The number of ether oxygens (including phenoxy) is 1. The summed E-state index contributed by atoms with van der Waals surface area (Å²) in [6.45, 7) is 4.71. The third-order valence-corrected chi connectivity index (χ3v) is 4.63. The molecule has 1 aromatic carbocycles. The molecule has 6 nitrogen and oxygen atoms in total. The van der Waals surface area contributed by atoms with E-state index in [4.69, 9.17) is 4.74 Å². The Bertz CT molecular complexity index is 1090. The molecule has 0 spiro atoms. The number of hydrogen-bond acceptors (Lipinski definition) is 4. The van der Waals surface area contributed by atoms with Crippen LogP contribution < -0.4 is 4.74 Å². The zero-order valence-corrected chi connectivity index (χ0v) is 16.5. The standard InChI is InChI=1S/C22H23N5O/c1-15-9-18(10-16(2)24-15)22-21(14-26(3)25-22)19-11-23-27(13-19)12-17-5-7-20(28-4)8-6-17/h5-11,13-14H,12H2,1-4H3. The maximum atomic E-state index is 5.22. The highest BCUT2D eigenvalue weighted by Gasteiger charge is 2.15. The van der Waals surface area contributed by atoms with Crippen LogP contribution in [0.25, 0.3) is 22.4 Å². The van der Waals surface area contributed by atoms with Gasteiger partial charge in [0.25, 0.3) is 0 Å². The van der Waals surface area contributed by atoms with Gasteiger partial charge in [-0.25, -0.2) is 0 Å². The molecular formula is C22H23N5O. The Hall–Kier alpha value is -3.41. The summed E-state index contributed by atoms with van der Waals surface area (Å²) in [6.07, 6.45) is 5.99. The number of rotatable bonds is 5. The Kier molecular flexibility index (Phi) is 4.69. The van der Waals surface area contributed by atoms with Gasteiger partial charge in [-0.05, 0) is 43.7 Å². The lowest BCUT2D eigenvalue weighted by Gasteiger charge is -2.04. The summed E-state index contributed by atoms with van der Waals surface area (Å²) in [5, 5.41) is 9.24. The van der Waals surface area contributed by atoms with Crippen molar-refractivity contribution in [1.29, 1.82) is 0 Å². The maximum Gasteiger partial charge on any atom is 0.118 e. The largest absolute Gasteiger partial charge is 0.497 e. The molecule has 3 heterocycles. The van der Waals surface area contributed by atoms with E-state index in [1.54, 1.807) is 7.11 Å². The molecule has 0 aliphatic rings. The Morgan fingerprint density at radius 2 is 1.68 bits per heavy atom. The Morgan fingerprint density at radius 1 is 0.964 bits per heavy atom. The van der Waals surface area contributed by atoms with Gasteiger partial charge in [-0.2, -0.15) is 10.2 Å². The summed E-state index contributed by atoms with van der Waals surface area (Å²) >= 11 is 0. The van der Waals surface area contributed by atoms with Crippen molar-refractivity contribution in [3.63, 3.8) is 0 Å². The predicted octanol–water partition coefficient (Wildman–Crippen LogP) is 4.02. The molecule has 0 unspecified atom stereocenters. The van der Waals surface area contributed by atoms with Gasteiger partial charge in [0.2, 0.25) is 0 Å². The van der Waals surface area contributed by atoms with E-state index in [0.29, 0.717) is 6.54 Å². The molecule has 0 atom stereocenters. The van der Waals surface area contributed by atoms with Crippen molar-refractivity contribution in [2.75, 3.05) is 7.11 Å². The van der Waals surface area contributed by atoms with Crippen LogP contribution in [0.5, 0.6) is 5.75 Å². The average Bonchev–Trinajstić information content (AvgIpc) is 3.28. The fourth-order valence-corrected chi connectivity index (χ4v) is 3.39. The van der Waals surface area contributed by atoms with Crippen molar-refractivity contribution in [3.05, 3.63) is 71.9 Å². The Morgan fingerprint density at radius 3 is 2.36 bits per heavy atom. The molecule has 28 heavy (non-hydrogen) atoms. The van der Waals surface area contributed by atoms with Crippen LogP contribution in [0.15, 0.2) is 55.0 Å². The third-order valence-electron chi connectivity index (χ3n) is 4.63. The number of nitrogens with zero attached hydrogens (tertiary/aromatic N) is 5. The Balaban J connectivity index is 1.65. The number of methoxy groups -OCH3 is 1. The zero-order chi connectivity index (χ0) is 19.7. The van der Waals surface area contributed by atoms with Crippen LogP contribution in [0.1, 0.15) is 17.0 Å². The van der Waals surface area contributed by atoms with Gasteiger partial charge in [0, 0.05) is 47.5 Å². The van der Waals surface area contributed by atoms with E-state index in [-0.39, 0.29) is 0 Å². The first-order valence-corrected chi connectivity index (χ1v) is 9.17. The van der Waals surface area contributed by atoms with Crippen LogP contribution in [0.3, 0.4) is 0 Å². The molecule has 0 N–H and O–H groups in total. The van der Waals surface area contributed by atoms with Gasteiger partial charge >= 0.3 is 0 Å². The van der Waals surface area contributed by atoms with E-state index in [1.807, 2.05) is 54.8 Å². The molecule has 0 radical (unpaired) electrons. The first-order valence-electron chi connectivity index (χ1n) is 9.17. The summed E-state index contributed by atoms with van der Waals surface area (Å²) in [5.74, 6) is 0.854. The molecule has 0 saturated heterocycles. The minimum absolute atomic E-state index is 0.701. The fourth-order valence-electron chi connectivity index (χ4n) is 3.39. The molecule has 6 heteroatoms. The van der Waals surface area contributed by atoms with Crippen LogP contribution in [0.4, 0.5) is 0 Å². The molecule has 3 aromatic heterocycles. The van der Waals surface area contributed by atoms with Crippen LogP contribution in [-0.4, -0.2) is 31.7 Å². The maximum absolute atomic E-state index is 5.22. The van der Waals surface area contributed by atoms with Gasteiger partial charge in [0.1, 0.15) is 11.4 Å². The topological polar surface area (TPSA) is 57.8 Å². The van der Waals surface area contributed by atoms with E-state index >= 15 is 0 Å². The van der Waals surface area contributed by atoms with E-state index < -0.39 is 0 Å². The van der Waals surface area contributed by atoms with E-state index in [0.717, 1.165) is 39.5 Å². The van der Waals surface area contributed by atoms with Crippen LogP contribution in [-0.2, 0) is 13.6 Å². The second-order valence-corrected chi connectivity index (χ2v) is 6.98. The van der Waals surface area contributed by atoms with Crippen LogP contribution in [0, 0.1) is 13.8 Å². The second kappa shape index (κ2) is 7.31. The molecule has 0 aliphatic carbocycles. The van der Waals surface area contributed by atoms with Crippen LogP contribution >= 0.6 is 0 Å². The van der Waals surface area contributed by atoms with E-state index in [2.05, 4.69) is 45.6 Å². The normalized spacial score (nSPS) is 11.0. The molecule has 0 bridgehead atoms. The van der Waals surface area contributed by atoms with Crippen molar-refractivity contribution in [2.45, 2.75) is 20.4 Å². The first-order chi connectivity index (χ1) is 13.5. The smallest absolute Gasteiger partial charge is 0.118 e. The van der Waals surface area contributed by atoms with E-state index in [1.165, 1.54) is 5.56 Å². The summed E-state index contributed by atoms with van der Waals surface area (Å²) in [6, 6.07) is 12.2. The van der Waals surface area contributed by atoms with E-state index in [9.17, 15) is 0 Å². The monoisotopic (exact) mass is 373 g/mol. The molecule has 4 aromatic rings. The minimum atomic E-state index is 0.701. The fraction of sp³-hybridized carbons (Fsp3) is 0.227. The molecule has 4 rings (SSSR count). The highest BCUT2D eigenvalue weighted by atomic mass is 16.5. The number of aryl methyl sites for hydroxylation is 3. The van der Waals surface area contributed by atoms with Crippen molar-refractivity contribution >= 4 is 0 Å². The summed E-state index contributed by atoms with van der Waals surface area (Å²) in [4.78, 5) is 4.47. The van der Waals surface area contributed by atoms with Gasteiger partial charge < -0.3 is 4.74 Å². The number of benzene rings is 1. The number of pyridine rings is 1. The van der Waals surface area contributed by atoms with Crippen molar-refractivity contribution in [1.82, 2.24) is 24.5 Å². The van der Waals surface area contributed by atoms with Crippen LogP contribution in [0.2, 0.25) is 0 Å². The van der Waals surface area contributed by atoms with Crippen molar-refractivity contribution in [3.8, 4) is 28.1 Å². The molecule has 0 aliphatic heterocycles. The SMILES string of the molecule is COc1ccc(Cn2cc(-c3cn(C)nc3-c3cc(C)nc(C)c3)cn2)cc1. The third kappa shape index (κ3) is 3.67. The van der Waals surface area contributed by atoms with Gasteiger partial charge in [0.15, 0.2) is 0 Å². The summed E-state index contributed by atoms with van der Waals surface area (Å²) in [7, 11) is 3.61. The highest BCUT2D eigenvalue weighted by Crippen LogP contribution is 2.31. The summed E-state index contributed by atoms with van der Waals surface area (Å²) < 4.78 is 9.00. The summed E-state index contributed by atoms with van der Waals surface area (Å²) in [5.41, 5.74) is 7.27. The molecule has 0 saturated carbocycles. The molecular weight excluding hydrogens is 350 g/mol. The van der Waals surface area contributed by atoms with Gasteiger partial charge in [-0.1, -0.05) is 12.1 Å². The minimum Gasteiger partial charge on any atom is -0.497 e. The quantitative estimate of drug-likeness (QED) is 0.530.